The molecular weight excluding hydrogens is 238 g/mol. The Bertz CT molecular complexity index is 479. The summed E-state index contributed by atoms with van der Waals surface area (Å²) in [5.74, 6) is 0.879. The molecule has 1 fully saturated rings. The molecule has 4 heteroatoms. The molecule has 0 aliphatic carbocycles. The molecular formula is C15H21N3O. The molecule has 2 heterocycles. The largest absolute Gasteiger partial charge is 0.396 e. The van der Waals surface area contributed by atoms with Gasteiger partial charge in [0.15, 0.2) is 0 Å². The van der Waals surface area contributed by atoms with Gasteiger partial charge in [-0.25, -0.2) is 4.98 Å². The fraction of sp³-hybridized carbons (Fsp3) is 0.600. The first-order valence-electron chi connectivity index (χ1n) is 6.88. The predicted molar refractivity (Wildman–Crippen MR) is 74.9 cm³/mol. The molecule has 4 nitrogen and oxygen atoms in total. The Morgan fingerprint density at radius 2 is 2.11 bits per heavy atom. The van der Waals surface area contributed by atoms with E-state index >= 15 is 0 Å². The Labute approximate surface area is 114 Å². The summed E-state index contributed by atoms with van der Waals surface area (Å²) in [7, 11) is 0. The SMILES string of the molecule is CCC1(CO)CCN(c2ccc(C)c(C#N)n2)CC1. The average molecular weight is 259 g/mol. The van der Waals surface area contributed by atoms with Crippen molar-refractivity contribution in [2.45, 2.75) is 33.1 Å². The van der Waals surface area contributed by atoms with Crippen LogP contribution in [0.25, 0.3) is 0 Å². The topological polar surface area (TPSA) is 60.1 Å². The van der Waals surface area contributed by atoms with Crippen molar-refractivity contribution in [3.8, 4) is 6.07 Å². The molecule has 1 N–H and O–H groups in total. The van der Waals surface area contributed by atoms with Gasteiger partial charge in [0.05, 0.1) is 0 Å². The highest BCUT2D eigenvalue weighted by molar-refractivity contribution is 5.45. The van der Waals surface area contributed by atoms with Gasteiger partial charge in [0, 0.05) is 19.7 Å². The monoisotopic (exact) mass is 259 g/mol. The van der Waals surface area contributed by atoms with Crippen LogP contribution in [0.4, 0.5) is 5.82 Å². The van der Waals surface area contributed by atoms with Crippen LogP contribution in [0.15, 0.2) is 12.1 Å². The Hall–Kier alpha value is -1.60. The van der Waals surface area contributed by atoms with Crippen LogP contribution in [-0.2, 0) is 0 Å². The Morgan fingerprint density at radius 3 is 2.63 bits per heavy atom. The van der Waals surface area contributed by atoms with E-state index < -0.39 is 0 Å². The first-order valence-corrected chi connectivity index (χ1v) is 6.88. The lowest BCUT2D eigenvalue weighted by Gasteiger charge is -2.40. The first-order chi connectivity index (χ1) is 9.14. The molecule has 1 aliphatic rings. The molecule has 0 saturated carbocycles. The van der Waals surface area contributed by atoms with E-state index in [2.05, 4.69) is 22.9 Å². The highest BCUT2D eigenvalue weighted by Crippen LogP contribution is 2.35. The van der Waals surface area contributed by atoms with Crippen molar-refractivity contribution in [2.75, 3.05) is 24.6 Å². The molecule has 0 unspecified atom stereocenters. The maximum Gasteiger partial charge on any atom is 0.145 e. The number of aliphatic hydroxyl groups excluding tert-OH is 1. The number of pyridine rings is 1. The molecule has 1 aromatic rings. The molecule has 19 heavy (non-hydrogen) atoms. The van der Waals surface area contributed by atoms with Crippen molar-refractivity contribution < 1.29 is 5.11 Å². The minimum absolute atomic E-state index is 0.0826. The minimum atomic E-state index is 0.0826. The zero-order valence-electron chi connectivity index (χ0n) is 11.7. The summed E-state index contributed by atoms with van der Waals surface area (Å²) < 4.78 is 0. The molecule has 1 aromatic heterocycles. The van der Waals surface area contributed by atoms with E-state index in [0.717, 1.165) is 43.7 Å². The lowest BCUT2D eigenvalue weighted by atomic mass is 9.77. The van der Waals surface area contributed by atoms with E-state index in [9.17, 15) is 5.11 Å². The van der Waals surface area contributed by atoms with E-state index in [-0.39, 0.29) is 12.0 Å². The maximum atomic E-state index is 9.54. The Morgan fingerprint density at radius 1 is 1.42 bits per heavy atom. The quantitative estimate of drug-likeness (QED) is 0.904. The van der Waals surface area contributed by atoms with Crippen LogP contribution in [0.2, 0.25) is 0 Å². The van der Waals surface area contributed by atoms with Crippen molar-refractivity contribution >= 4 is 5.82 Å². The van der Waals surface area contributed by atoms with Crippen LogP contribution < -0.4 is 4.90 Å². The fourth-order valence-electron chi connectivity index (χ4n) is 2.64. The molecule has 102 valence electrons. The van der Waals surface area contributed by atoms with Gasteiger partial charge in [-0.2, -0.15) is 5.26 Å². The van der Waals surface area contributed by atoms with E-state index in [1.54, 1.807) is 0 Å². The minimum Gasteiger partial charge on any atom is -0.396 e. The van der Waals surface area contributed by atoms with Gasteiger partial charge < -0.3 is 10.0 Å². The van der Waals surface area contributed by atoms with E-state index in [1.165, 1.54) is 0 Å². The lowest BCUT2D eigenvalue weighted by Crippen LogP contribution is -2.42. The normalized spacial score (nSPS) is 18.1. The number of nitrogens with zero attached hydrogens (tertiary/aromatic N) is 3. The summed E-state index contributed by atoms with van der Waals surface area (Å²) in [5.41, 5.74) is 1.51. The van der Waals surface area contributed by atoms with Crippen LogP contribution in [0.5, 0.6) is 0 Å². The molecule has 1 saturated heterocycles. The van der Waals surface area contributed by atoms with Crippen molar-refractivity contribution in [2.24, 2.45) is 5.41 Å². The first kappa shape index (κ1) is 13.8. The molecule has 0 atom stereocenters. The van der Waals surface area contributed by atoms with Gasteiger partial charge in [-0.05, 0) is 43.2 Å². The number of hydrogen-bond donors (Lipinski definition) is 1. The van der Waals surface area contributed by atoms with Gasteiger partial charge in [-0.1, -0.05) is 13.0 Å². The van der Waals surface area contributed by atoms with Gasteiger partial charge in [0.25, 0.3) is 0 Å². The standard InChI is InChI=1S/C15H21N3O/c1-3-15(11-19)6-8-18(9-7-15)14-5-4-12(2)13(10-16)17-14/h4-5,19H,3,6-9,11H2,1-2H3. The van der Waals surface area contributed by atoms with E-state index in [1.807, 2.05) is 19.1 Å². The number of hydrogen-bond acceptors (Lipinski definition) is 4. The predicted octanol–water partition coefficient (Wildman–Crippen LogP) is 2.25. The maximum absolute atomic E-state index is 9.54. The van der Waals surface area contributed by atoms with Crippen LogP contribution in [0, 0.1) is 23.7 Å². The summed E-state index contributed by atoms with van der Waals surface area (Å²) >= 11 is 0. The summed E-state index contributed by atoms with van der Waals surface area (Å²) in [6, 6.07) is 6.07. The van der Waals surface area contributed by atoms with Crippen LogP contribution >= 0.6 is 0 Å². The van der Waals surface area contributed by atoms with Crippen LogP contribution in [-0.4, -0.2) is 29.8 Å². The number of rotatable bonds is 3. The summed E-state index contributed by atoms with van der Waals surface area (Å²) in [5, 5.41) is 18.6. The second-order valence-electron chi connectivity index (χ2n) is 5.45. The van der Waals surface area contributed by atoms with Crippen molar-refractivity contribution in [3.63, 3.8) is 0 Å². The van der Waals surface area contributed by atoms with Gasteiger partial charge in [-0.15, -0.1) is 0 Å². The molecule has 2 rings (SSSR count). The van der Waals surface area contributed by atoms with E-state index in [0.29, 0.717) is 5.69 Å². The van der Waals surface area contributed by atoms with Crippen LogP contribution in [0.3, 0.4) is 0 Å². The smallest absolute Gasteiger partial charge is 0.145 e. The molecule has 1 aliphatic heterocycles. The van der Waals surface area contributed by atoms with Gasteiger partial charge in [0.1, 0.15) is 17.6 Å². The van der Waals surface area contributed by atoms with Crippen molar-refractivity contribution in [1.82, 2.24) is 4.98 Å². The van der Waals surface area contributed by atoms with Crippen LogP contribution in [0.1, 0.15) is 37.4 Å². The highest BCUT2D eigenvalue weighted by atomic mass is 16.3. The zero-order chi connectivity index (χ0) is 13.9. The number of aliphatic hydroxyl groups is 1. The van der Waals surface area contributed by atoms with Gasteiger partial charge >= 0.3 is 0 Å². The zero-order valence-corrected chi connectivity index (χ0v) is 11.7. The second kappa shape index (κ2) is 5.58. The lowest BCUT2D eigenvalue weighted by molar-refractivity contribution is 0.0920. The van der Waals surface area contributed by atoms with Crippen molar-refractivity contribution in [1.29, 1.82) is 5.26 Å². The Balaban J connectivity index is 2.12. The fourth-order valence-corrected chi connectivity index (χ4v) is 2.64. The summed E-state index contributed by atoms with van der Waals surface area (Å²) in [6.45, 7) is 6.11. The number of anilines is 1. The van der Waals surface area contributed by atoms with E-state index in [4.69, 9.17) is 5.26 Å². The third-order valence-corrected chi connectivity index (χ3v) is 4.42. The number of aryl methyl sites for hydroxylation is 1. The number of aromatic nitrogens is 1. The van der Waals surface area contributed by atoms with Crippen molar-refractivity contribution in [3.05, 3.63) is 23.4 Å². The molecule has 0 radical (unpaired) electrons. The molecule has 0 amide bonds. The van der Waals surface area contributed by atoms with Gasteiger partial charge in [0.2, 0.25) is 0 Å². The third kappa shape index (κ3) is 2.71. The average Bonchev–Trinajstić information content (AvgIpc) is 2.48. The summed E-state index contributed by atoms with van der Waals surface area (Å²) in [6.07, 6.45) is 2.98. The molecule has 0 spiro atoms. The molecule has 0 aromatic carbocycles. The van der Waals surface area contributed by atoms with Gasteiger partial charge in [-0.3, -0.25) is 0 Å². The summed E-state index contributed by atoms with van der Waals surface area (Å²) in [4.78, 5) is 6.63. The highest BCUT2D eigenvalue weighted by Gasteiger charge is 2.32. The second-order valence-corrected chi connectivity index (χ2v) is 5.45. The Kier molecular flexibility index (Phi) is 4.06. The molecule has 0 bridgehead atoms. The third-order valence-electron chi connectivity index (χ3n) is 4.42. The number of piperidine rings is 1. The number of nitriles is 1.